The SMILES string of the molecule is CCN(C)c1nc(N)c(C(=O)NCC2CCC2)s1. The first-order valence-corrected chi connectivity index (χ1v) is 7.19. The van der Waals surface area contributed by atoms with E-state index >= 15 is 0 Å². The van der Waals surface area contributed by atoms with Gasteiger partial charge in [-0.1, -0.05) is 17.8 Å². The number of rotatable bonds is 5. The van der Waals surface area contributed by atoms with Crippen LogP contribution in [0, 0.1) is 5.92 Å². The number of anilines is 2. The highest BCUT2D eigenvalue weighted by Crippen LogP contribution is 2.28. The van der Waals surface area contributed by atoms with Crippen LogP contribution in [0.4, 0.5) is 10.9 Å². The van der Waals surface area contributed by atoms with Gasteiger partial charge in [-0.3, -0.25) is 4.79 Å². The fourth-order valence-corrected chi connectivity index (χ4v) is 2.72. The summed E-state index contributed by atoms with van der Waals surface area (Å²) in [5, 5.41) is 3.74. The molecule has 5 nitrogen and oxygen atoms in total. The maximum Gasteiger partial charge on any atom is 0.265 e. The van der Waals surface area contributed by atoms with Crippen LogP contribution < -0.4 is 16.0 Å². The third-order valence-corrected chi connectivity index (χ3v) is 4.61. The molecule has 2 rings (SSSR count). The largest absolute Gasteiger partial charge is 0.382 e. The van der Waals surface area contributed by atoms with Gasteiger partial charge in [-0.2, -0.15) is 0 Å². The van der Waals surface area contributed by atoms with Gasteiger partial charge in [0.25, 0.3) is 5.91 Å². The summed E-state index contributed by atoms with van der Waals surface area (Å²) in [4.78, 5) is 18.7. The molecule has 18 heavy (non-hydrogen) atoms. The molecule has 0 aromatic carbocycles. The van der Waals surface area contributed by atoms with Gasteiger partial charge in [0.1, 0.15) is 10.7 Å². The number of nitrogens with two attached hydrogens (primary N) is 1. The van der Waals surface area contributed by atoms with Crippen molar-refractivity contribution in [1.29, 1.82) is 0 Å². The first-order valence-electron chi connectivity index (χ1n) is 6.37. The van der Waals surface area contributed by atoms with Gasteiger partial charge in [-0.15, -0.1) is 0 Å². The molecule has 1 aromatic rings. The summed E-state index contributed by atoms with van der Waals surface area (Å²) in [7, 11) is 1.94. The lowest BCUT2D eigenvalue weighted by Crippen LogP contribution is -2.32. The molecule has 100 valence electrons. The zero-order valence-corrected chi connectivity index (χ0v) is 11.7. The van der Waals surface area contributed by atoms with E-state index in [4.69, 9.17) is 5.73 Å². The first kappa shape index (κ1) is 13.1. The molecule has 1 aliphatic rings. The van der Waals surface area contributed by atoms with Crippen molar-refractivity contribution in [3.8, 4) is 0 Å². The fraction of sp³-hybridized carbons (Fsp3) is 0.667. The normalized spacial score (nSPS) is 15.2. The Morgan fingerprint density at radius 3 is 2.89 bits per heavy atom. The zero-order chi connectivity index (χ0) is 13.1. The fourth-order valence-electron chi connectivity index (χ4n) is 1.80. The van der Waals surface area contributed by atoms with E-state index in [2.05, 4.69) is 10.3 Å². The quantitative estimate of drug-likeness (QED) is 0.853. The molecule has 1 amide bonds. The Kier molecular flexibility index (Phi) is 4.06. The van der Waals surface area contributed by atoms with E-state index in [1.165, 1.54) is 30.6 Å². The minimum atomic E-state index is -0.0901. The molecular formula is C12H20N4OS. The number of nitrogens with zero attached hydrogens (tertiary/aromatic N) is 2. The topological polar surface area (TPSA) is 71.2 Å². The summed E-state index contributed by atoms with van der Waals surface area (Å²) in [6, 6.07) is 0. The number of amides is 1. The van der Waals surface area contributed by atoms with Crippen molar-refractivity contribution in [3.63, 3.8) is 0 Å². The molecule has 1 saturated carbocycles. The average molecular weight is 268 g/mol. The second-order valence-corrected chi connectivity index (χ2v) is 5.71. The predicted octanol–water partition coefficient (Wildman–Crippen LogP) is 1.71. The molecular weight excluding hydrogens is 248 g/mol. The molecule has 0 atom stereocenters. The van der Waals surface area contributed by atoms with Crippen molar-refractivity contribution in [2.45, 2.75) is 26.2 Å². The van der Waals surface area contributed by atoms with Gasteiger partial charge < -0.3 is 16.0 Å². The van der Waals surface area contributed by atoms with Gasteiger partial charge in [0.2, 0.25) is 0 Å². The van der Waals surface area contributed by atoms with Crippen LogP contribution in [-0.2, 0) is 0 Å². The van der Waals surface area contributed by atoms with Crippen molar-refractivity contribution >= 4 is 28.2 Å². The number of nitrogen functional groups attached to an aromatic ring is 1. The van der Waals surface area contributed by atoms with E-state index in [0.29, 0.717) is 16.6 Å². The number of aromatic nitrogens is 1. The molecule has 1 aliphatic carbocycles. The van der Waals surface area contributed by atoms with Gasteiger partial charge in [0.05, 0.1) is 0 Å². The molecule has 0 bridgehead atoms. The smallest absolute Gasteiger partial charge is 0.265 e. The second kappa shape index (κ2) is 5.56. The van der Waals surface area contributed by atoms with E-state index in [1.807, 2.05) is 18.9 Å². The van der Waals surface area contributed by atoms with E-state index < -0.39 is 0 Å². The molecule has 3 N–H and O–H groups in total. The van der Waals surface area contributed by atoms with Gasteiger partial charge in [-0.05, 0) is 25.7 Å². The molecule has 6 heteroatoms. The average Bonchev–Trinajstić information content (AvgIpc) is 2.68. The van der Waals surface area contributed by atoms with Crippen LogP contribution in [0.5, 0.6) is 0 Å². The van der Waals surface area contributed by atoms with Crippen molar-refractivity contribution in [1.82, 2.24) is 10.3 Å². The van der Waals surface area contributed by atoms with Crippen molar-refractivity contribution < 1.29 is 4.79 Å². The second-order valence-electron chi connectivity index (χ2n) is 4.73. The summed E-state index contributed by atoms with van der Waals surface area (Å²) in [5.74, 6) is 0.898. The molecule has 0 saturated heterocycles. The number of carbonyl (C=O) groups is 1. The Hall–Kier alpha value is -1.30. The maximum atomic E-state index is 12.0. The van der Waals surface area contributed by atoms with Gasteiger partial charge in [0, 0.05) is 20.1 Å². The van der Waals surface area contributed by atoms with Gasteiger partial charge in [-0.25, -0.2) is 4.98 Å². The first-order chi connectivity index (χ1) is 8.61. The van der Waals surface area contributed by atoms with Crippen LogP contribution in [0.2, 0.25) is 0 Å². The van der Waals surface area contributed by atoms with Crippen LogP contribution in [0.25, 0.3) is 0 Å². The molecule has 0 unspecified atom stereocenters. The Morgan fingerprint density at radius 2 is 2.33 bits per heavy atom. The van der Waals surface area contributed by atoms with Gasteiger partial charge in [0.15, 0.2) is 5.13 Å². The Balaban J connectivity index is 1.98. The van der Waals surface area contributed by atoms with E-state index in [1.54, 1.807) is 0 Å². The van der Waals surface area contributed by atoms with Crippen LogP contribution in [0.1, 0.15) is 35.9 Å². The van der Waals surface area contributed by atoms with Crippen LogP contribution >= 0.6 is 11.3 Å². The number of hydrogen-bond acceptors (Lipinski definition) is 5. The molecule has 0 aliphatic heterocycles. The standard InChI is InChI=1S/C12H20N4OS/c1-3-16(2)12-15-10(13)9(18-12)11(17)14-7-8-5-4-6-8/h8H,3-7,13H2,1-2H3,(H,14,17). The molecule has 1 heterocycles. The summed E-state index contributed by atoms with van der Waals surface area (Å²) < 4.78 is 0. The van der Waals surface area contributed by atoms with Crippen molar-refractivity contribution in [2.24, 2.45) is 5.92 Å². The van der Waals surface area contributed by atoms with Crippen LogP contribution in [0.15, 0.2) is 0 Å². The lowest BCUT2D eigenvalue weighted by Gasteiger charge is -2.25. The monoisotopic (exact) mass is 268 g/mol. The molecule has 0 radical (unpaired) electrons. The van der Waals surface area contributed by atoms with E-state index in [9.17, 15) is 4.79 Å². The minimum Gasteiger partial charge on any atom is -0.382 e. The van der Waals surface area contributed by atoms with Crippen molar-refractivity contribution in [3.05, 3.63) is 4.88 Å². The lowest BCUT2D eigenvalue weighted by atomic mass is 9.85. The highest BCUT2D eigenvalue weighted by atomic mass is 32.1. The van der Waals surface area contributed by atoms with E-state index in [0.717, 1.165) is 18.2 Å². The number of carbonyl (C=O) groups excluding carboxylic acids is 1. The summed E-state index contributed by atoms with van der Waals surface area (Å²) >= 11 is 1.36. The number of thiazole rings is 1. The third kappa shape index (κ3) is 2.75. The van der Waals surface area contributed by atoms with Crippen molar-refractivity contribution in [2.75, 3.05) is 30.8 Å². The highest BCUT2D eigenvalue weighted by Gasteiger charge is 2.21. The maximum absolute atomic E-state index is 12.0. The lowest BCUT2D eigenvalue weighted by molar-refractivity contribution is 0.0944. The Morgan fingerprint density at radius 1 is 1.61 bits per heavy atom. The minimum absolute atomic E-state index is 0.0901. The number of nitrogens with one attached hydrogen (secondary N) is 1. The Labute approximate surface area is 111 Å². The van der Waals surface area contributed by atoms with Crippen LogP contribution in [0.3, 0.4) is 0 Å². The molecule has 1 fully saturated rings. The third-order valence-electron chi connectivity index (χ3n) is 3.43. The summed E-state index contributed by atoms with van der Waals surface area (Å²) in [6.45, 7) is 3.64. The summed E-state index contributed by atoms with van der Waals surface area (Å²) in [5.41, 5.74) is 5.80. The van der Waals surface area contributed by atoms with Crippen LogP contribution in [-0.4, -0.2) is 31.0 Å². The molecule has 1 aromatic heterocycles. The Bertz CT molecular complexity index is 428. The highest BCUT2D eigenvalue weighted by molar-refractivity contribution is 7.18. The predicted molar refractivity (Wildman–Crippen MR) is 75.1 cm³/mol. The zero-order valence-electron chi connectivity index (χ0n) is 10.9. The summed E-state index contributed by atoms with van der Waals surface area (Å²) in [6.07, 6.45) is 3.74. The molecule has 0 spiro atoms. The van der Waals surface area contributed by atoms with Gasteiger partial charge >= 0.3 is 0 Å². The van der Waals surface area contributed by atoms with E-state index in [-0.39, 0.29) is 5.91 Å². The number of hydrogen-bond donors (Lipinski definition) is 2.